The fraction of sp³-hybridized carbons (Fsp3) is 0.625. The first kappa shape index (κ1) is 9.83. The van der Waals surface area contributed by atoms with E-state index in [2.05, 4.69) is 16.0 Å². The highest BCUT2D eigenvalue weighted by atomic mass is 16.5. The molecular weight excluding hydrogens is 142 g/mol. The molecule has 0 saturated heterocycles. The van der Waals surface area contributed by atoms with Crippen molar-refractivity contribution in [1.82, 2.24) is 5.32 Å². The monoisotopic (exact) mass is 155 g/mol. The van der Waals surface area contributed by atoms with Crippen LogP contribution in [-0.2, 0) is 4.74 Å². The fourth-order valence-corrected chi connectivity index (χ4v) is 0.602. The summed E-state index contributed by atoms with van der Waals surface area (Å²) in [5.74, 6) is 2.44. The third-order valence-electron chi connectivity index (χ3n) is 1.06. The maximum absolute atomic E-state index is 10.7. The topological polar surface area (TPSA) is 38.3 Å². The van der Waals surface area contributed by atoms with Crippen molar-refractivity contribution in [2.24, 2.45) is 0 Å². The molecule has 0 aromatic rings. The molecule has 1 N–H and O–H groups in total. The molecule has 0 aromatic carbocycles. The highest BCUT2D eigenvalue weighted by Gasteiger charge is 2.04. The van der Waals surface area contributed by atoms with Gasteiger partial charge >= 0.3 is 6.09 Å². The minimum absolute atomic E-state index is 0.0148. The van der Waals surface area contributed by atoms with Crippen molar-refractivity contribution < 1.29 is 9.53 Å². The first-order valence-corrected chi connectivity index (χ1v) is 3.57. The lowest BCUT2D eigenvalue weighted by Crippen LogP contribution is -2.32. The molecule has 0 aliphatic carbocycles. The summed E-state index contributed by atoms with van der Waals surface area (Å²) < 4.78 is 4.64. The Morgan fingerprint density at radius 3 is 2.91 bits per heavy atom. The summed E-state index contributed by atoms with van der Waals surface area (Å²) in [6.07, 6.45) is 5.16. The minimum atomic E-state index is -0.407. The number of nitrogens with one attached hydrogen (secondary N) is 1. The summed E-state index contributed by atoms with van der Waals surface area (Å²) in [6.45, 7) is 3.97. The Morgan fingerprint density at radius 1 is 1.82 bits per heavy atom. The van der Waals surface area contributed by atoms with Gasteiger partial charge < -0.3 is 10.1 Å². The van der Waals surface area contributed by atoms with E-state index in [0.717, 1.165) is 0 Å². The lowest BCUT2D eigenvalue weighted by atomic mass is 10.2. The Balaban J connectivity index is 3.50. The minimum Gasteiger partial charge on any atom is -0.450 e. The molecule has 3 heteroatoms. The van der Waals surface area contributed by atoms with Crippen LogP contribution < -0.4 is 5.32 Å². The summed E-state index contributed by atoms with van der Waals surface area (Å²) in [6, 6.07) is -0.0148. The van der Waals surface area contributed by atoms with E-state index in [1.165, 1.54) is 0 Å². The molecule has 0 bridgehead atoms. The SMILES string of the molecule is C#CCC(C)NC(=O)OCC. The summed E-state index contributed by atoms with van der Waals surface area (Å²) in [7, 11) is 0. The van der Waals surface area contributed by atoms with Gasteiger partial charge in [-0.1, -0.05) is 0 Å². The van der Waals surface area contributed by atoms with Crippen LogP contribution >= 0.6 is 0 Å². The number of hydrogen-bond donors (Lipinski definition) is 1. The zero-order valence-corrected chi connectivity index (χ0v) is 6.89. The van der Waals surface area contributed by atoms with E-state index >= 15 is 0 Å². The molecule has 0 rings (SSSR count). The number of alkyl carbamates (subject to hydrolysis) is 1. The molecule has 0 spiro atoms. The van der Waals surface area contributed by atoms with Crippen molar-refractivity contribution in [2.75, 3.05) is 6.61 Å². The van der Waals surface area contributed by atoms with E-state index in [4.69, 9.17) is 6.42 Å². The van der Waals surface area contributed by atoms with Gasteiger partial charge in [0.1, 0.15) is 0 Å². The quantitative estimate of drug-likeness (QED) is 0.621. The average Bonchev–Trinajstić information content (AvgIpc) is 1.87. The summed E-state index contributed by atoms with van der Waals surface area (Å²) in [5.41, 5.74) is 0. The molecule has 1 unspecified atom stereocenters. The third kappa shape index (κ3) is 5.28. The highest BCUT2D eigenvalue weighted by molar-refractivity contribution is 5.67. The second kappa shape index (κ2) is 5.60. The van der Waals surface area contributed by atoms with Crippen molar-refractivity contribution >= 4 is 6.09 Å². The molecule has 1 atom stereocenters. The first-order chi connectivity index (χ1) is 5.20. The average molecular weight is 155 g/mol. The van der Waals surface area contributed by atoms with Gasteiger partial charge in [-0.3, -0.25) is 0 Å². The van der Waals surface area contributed by atoms with E-state index in [9.17, 15) is 4.79 Å². The van der Waals surface area contributed by atoms with Crippen LogP contribution in [0.15, 0.2) is 0 Å². The summed E-state index contributed by atoms with van der Waals surface area (Å²) in [4.78, 5) is 10.7. The van der Waals surface area contributed by atoms with Crippen LogP contribution in [-0.4, -0.2) is 18.7 Å². The molecule has 11 heavy (non-hydrogen) atoms. The predicted molar refractivity (Wildman–Crippen MR) is 43.1 cm³/mol. The largest absolute Gasteiger partial charge is 0.450 e. The van der Waals surface area contributed by atoms with Gasteiger partial charge in [-0.25, -0.2) is 4.79 Å². The molecule has 0 aliphatic rings. The number of terminal acetylenes is 1. The van der Waals surface area contributed by atoms with Crippen molar-refractivity contribution in [1.29, 1.82) is 0 Å². The number of hydrogen-bond acceptors (Lipinski definition) is 2. The summed E-state index contributed by atoms with van der Waals surface area (Å²) in [5, 5.41) is 2.58. The molecule has 3 nitrogen and oxygen atoms in total. The number of amides is 1. The van der Waals surface area contributed by atoms with Crippen LogP contribution in [0.25, 0.3) is 0 Å². The Morgan fingerprint density at radius 2 is 2.45 bits per heavy atom. The van der Waals surface area contributed by atoms with Gasteiger partial charge in [-0.05, 0) is 13.8 Å². The molecule has 0 aliphatic heterocycles. The Bertz CT molecular complexity index is 160. The maximum atomic E-state index is 10.7. The van der Waals surface area contributed by atoms with Crippen LogP contribution in [0, 0.1) is 12.3 Å². The van der Waals surface area contributed by atoms with Gasteiger partial charge in [0, 0.05) is 12.5 Å². The normalized spacial score (nSPS) is 11.4. The van der Waals surface area contributed by atoms with Gasteiger partial charge in [0.15, 0.2) is 0 Å². The van der Waals surface area contributed by atoms with Crippen molar-refractivity contribution in [3.8, 4) is 12.3 Å². The van der Waals surface area contributed by atoms with Gasteiger partial charge in [-0.2, -0.15) is 0 Å². The molecule has 0 fully saturated rings. The maximum Gasteiger partial charge on any atom is 0.407 e. The molecule has 0 aromatic heterocycles. The third-order valence-corrected chi connectivity index (χ3v) is 1.06. The molecular formula is C8H13NO2. The molecule has 62 valence electrons. The van der Waals surface area contributed by atoms with Gasteiger partial charge in [0.2, 0.25) is 0 Å². The zero-order chi connectivity index (χ0) is 8.69. The second-order valence-corrected chi connectivity index (χ2v) is 2.17. The first-order valence-electron chi connectivity index (χ1n) is 3.57. The smallest absolute Gasteiger partial charge is 0.407 e. The fourth-order valence-electron chi connectivity index (χ4n) is 0.602. The van der Waals surface area contributed by atoms with Crippen molar-refractivity contribution in [2.45, 2.75) is 26.3 Å². The Kier molecular flexibility index (Phi) is 5.01. The van der Waals surface area contributed by atoms with Crippen molar-refractivity contribution in [3.05, 3.63) is 0 Å². The van der Waals surface area contributed by atoms with E-state index in [1.807, 2.05) is 6.92 Å². The Labute approximate surface area is 67.1 Å². The van der Waals surface area contributed by atoms with Gasteiger partial charge in [0.05, 0.1) is 6.61 Å². The lowest BCUT2D eigenvalue weighted by molar-refractivity contribution is 0.149. The molecule has 0 radical (unpaired) electrons. The Hall–Kier alpha value is -1.17. The van der Waals surface area contributed by atoms with Crippen molar-refractivity contribution in [3.63, 3.8) is 0 Å². The summed E-state index contributed by atoms with van der Waals surface area (Å²) >= 11 is 0. The number of carbonyl (C=O) groups is 1. The highest BCUT2D eigenvalue weighted by Crippen LogP contribution is 1.88. The van der Waals surface area contributed by atoms with E-state index in [-0.39, 0.29) is 6.04 Å². The standard InChI is InChI=1S/C8H13NO2/c1-4-6-7(3)9-8(10)11-5-2/h1,7H,5-6H2,2-3H3,(H,9,10). The molecule has 0 saturated carbocycles. The van der Waals surface area contributed by atoms with E-state index in [1.54, 1.807) is 6.92 Å². The number of rotatable bonds is 3. The van der Waals surface area contributed by atoms with Crippen LogP contribution in [0.1, 0.15) is 20.3 Å². The van der Waals surface area contributed by atoms with Gasteiger partial charge in [0.25, 0.3) is 0 Å². The zero-order valence-electron chi connectivity index (χ0n) is 6.89. The van der Waals surface area contributed by atoms with E-state index in [0.29, 0.717) is 13.0 Å². The number of ether oxygens (including phenoxy) is 1. The van der Waals surface area contributed by atoms with Gasteiger partial charge in [-0.15, -0.1) is 12.3 Å². The predicted octanol–water partition coefficient (Wildman–Crippen LogP) is 1.14. The van der Waals surface area contributed by atoms with Crippen LogP contribution in [0.5, 0.6) is 0 Å². The van der Waals surface area contributed by atoms with E-state index < -0.39 is 6.09 Å². The van der Waals surface area contributed by atoms with Crippen LogP contribution in [0.2, 0.25) is 0 Å². The molecule has 1 amide bonds. The lowest BCUT2D eigenvalue weighted by Gasteiger charge is -2.09. The van der Waals surface area contributed by atoms with Crippen LogP contribution in [0.3, 0.4) is 0 Å². The number of carbonyl (C=O) groups excluding carboxylic acids is 1. The second-order valence-electron chi connectivity index (χ2n) is 2.17. The molecule has 0 heterocycles. The van der Waals surface area contributed by atoms with Crippen LogP contribution in [0.4, 0.5) is 4.79 Å².